The first-order valence-electron chi connectivity index (χ1n) is 8.71. The number of amides is 2. The Morgan fingerprint density at radius 2 is 1.81 bits per heavy atom. The van der Waals surface area contributed by atoms with Crippen molar-refractivity contribution >= 4 is 23.7 Å². The molecule has 1 rings (SSSR count). The van der Waals surface area contributed by atoms with E-state index in [9.17, 15) is 14.4 Å². The summed E-state index contributed by atoms with van der Waals surface area (Å²) in [5.74, 6) is -0.874. The number of aryl methyl sites for hydroxylation is 1. The lowest BCUT2D eigenvalue weighted by atomic mass is 10.1. The Hall–Kier alpha value is -2.57. The van der Waals surface area contributed by atoms with Crippen molar-refractivity contribution in [1.29, 1.82) is 0 Å². The Bertz CT molecular complexity index is 623. The summed E-state index contributed by atoms with van der Waals surface area (Å²) >= 11 is 0. The maximum absolute atomic E-state index is 11.9. The van der Waals surface area contributed by atoms with E-state index >= 15 is 0 Å². The molecule has 0 aromatic heterocycles. The number of carbonyl (C=O) groups is 3. The molecule has 0 unspecified atom stereocenters. The van der Waals surface area contributed by atoms with Crippen molar-refractivity contribution in [3.05, 3.63) is 29.8 Å². The van der Waals surface area contributed by atoms with Crippen LogP contribution in [0.4, 0.5) is 10.5 Å². The number of hydrogen-bond acceptors (Lipinski definition) is 5. The van der Waals surface area contributed by atoms with Gasteiger partial charge in [0.2, 0.25) is 0 Å². The summed E-state index contributed by atoms with van der Waals surface area (Å²) in [6.45, 7) is 7.27. The number of para-hydroxylation sites is 1. The van der Waals surface area contributed by atoms with E-state index in [0.29, 0.717) is 13.0 Å². The lowest BCUT2D eigenvalue weighted by Crippen LogP contribution is -2.33. The third kappa shape index (κ3) is 9.05. The van der Waals surface area contributed by atoms with E-state index in [1.54, 1.807) is 26.8 Å². The lowest BCUT2D eigenvalue weighted by Gasteiger charge is -2.19. The van der Waals surface area contributed by atoms with Gasteiger partial charge in [0.25, 0.3) is 5.91 Å². The lowest BCUT2D eigenvalue weighted by molar-refractivity contribution is -0.147. The number of anilines is 1. The minimum absolute atomic E-state index is 0.106. The number of rotatable bonds is 8. The molecule has 0 bridgehead atoms. The quantitative estimate of drug-likeness (QED) is 0.546. The van der Waals surface area contributed by atoms with Crippen molar-refractivity contribution in [3.63, 3.8) is 0 Å². The number of alkyl carbamates (subject to hydrolysis) is 1. The SMILES string of the molecule is CCc1ccccc1NC(=O)COC(=O)CCCNC(=O)OC(C)(C)C. The summed E-state index contributed by atoms with van der Waals surface area (Å²) in [6, 6.07) is 7.47. The highest BCUT2D eigenvalue weighted by molar-refractivity contribution is 5.93. The molecule has 0 heterocycles. The summed E-state index contributed by atoms with van der Waals surface area (Å²) in [5, 5.41) is 5.29. The third-order valence-corrected chi connectivity index (χ3v) is 3.26. The highest BCUT2D eigenvalue weighted by Crippen LogP contribution is 2.15. The van der Waals surface area contributed by atoms with Gasteiger partial charge < -0.3 is 20.1 Å². The number of carbonyl (C=O) groups excluding carboxylic acids is 3. The van der Waals surface area contributed by atoms with Crippen LogP contribution in [0.25, 0.3) is 0 Å². The number of nitrogens with one attached hydrogen (secondary N) is 2. The Balaban J connectivity index is 2.22. The maximum Gasteiger partial charge on any atom is 0.407 e. The minimum atomic E-state index is -0.563. The predicted octanol–water partition coefficient (Wildman–Crippen LogP) is 3.04. The molecule has 1 aromatic carbocycles. The smallest absolute Gasteiger partial charge is 0.407 e. The first-order valence-corrected chi connectivity index (χ1v) is 8.71. The molecule has 0 aliphatic rings. The van der Waals surface area contributed by atoms with Crippen molar-refractivity contribution in [2.24, 2.45) is 0 Å². The molecule has 0 saturated carbocycles. The van der Waals surface area contributed by atoms with Gasteiger partial charge in [-0.2, -0.15) is 0 Å². The topological polar surface area (TPSA) is 93.7 Å². The van der Waals surface area contributed by atoms with E-state index in [1.807, 2.05) is 25.1 Å². The highest BCUT2D eigenvalue weighted by atomic mass is 16.6. The van der Waals surface area contributed by atoms with Crippen LogP contribution in [-0.4, -0.2) is 36.7 Å². The Morgan fingerprint density at radius 3 is 2.46 bits per heavy atom. The third-order valence-electron chi connectivity index (χ3n) is 3.26. The van der Waals surface area contributed by atoms with Crippen molar-refractivity contribution < 1.29 is 23.9 Å². The van der Waals surface area contributed by atoms with Crippen LogP contribution in [0.5, 0.6) is 0 Å². The van der Waals surface area contributed by atoms with Gasteiger partial charge in [0.1, 0.15) is 5.60 Å². The highest BCUT2D eigenvalue weighted by Gasteiger charge is 2.15. The zero-order valence-corrected chi connectivity index (χ0v) is 15.9. The molecule has 7 heteroatoms. The van der Waals surface area contributed by atoms with Crippen molar-refractivity contribution in [2.45, 2.75) is 52.6 Å². The molecule has 2 amide bonds. The second-order valence-electron chi connectivity index (χ2n) is 6.75. The van der Waals surface area contributed by atoms with Gasteiger partial charge in [-0.3, -0.25) is 9.59 Å². The molecule has 0 saturated heterocycles. The number of benzene rings is 1. The fourth-order valence-electron chi connectivity index (χ4n) is 2.09. The molecule has 0 atom stereocenters. The van der Waals surface area contributed by atoms with Crippen LogP contribution >= 0.6 is 0 Å². The average Bonchev–Trinajstić information content (AvgIpc) is 2.56. The van der Waals surface area contributed by atoms with Crippen LogP contribution in [0.15, 0.2) is 24.3 Å². The van der Waals surface area contributed by atoms with E-state index in [2.05, 4.69) is 10.6 Å². The number of ether oxygens (including phenoxy) is 2. The monoisotopic (exact) mass is 364 g/mol. The first kappa shape index (κ1) is 21.5. The predicted molar refractivity (Wildman–Crippen MR) is 98.9 cm³/mol. The van der Waals surface area contributed by atoms with Crippen LogP contribution < -0.4 is 10.6 Å². The van der Waals surface area contributed by atoms with E-state index < -0.39 is 17.7 Å². The molecule has 26 heavy (non-hydrogen) atoms. The summed E-state index contributed by atoms with van der Waals surface area (Å²) in [7, 11) is 0. The summed E-state index contributed by atoms with van der Waals surface area (Å²) in [5.41, 5.74) is 1.17. The molecule has 0 radical (unpaired) electrons. The normalized spacial score (nSPS) is 10.8. The molecule has 0 spiro atoms. The molecule has 144 valence electrons. The molecule has 0 aliphatic heterocycles. The van der Waals surface area contributed by atoms with Gasteiger partial charge in [-0.25, -0.2) is 4.79 Å². The Kier molecular flexibility index (Phi) is 8.61. The maximum atomic E-state index is 11.9. The molecule has 0 aliphatic carbocycles. The average molecular weight is 364 g/mol. The summed E-state index contributed by atoms with van der Waals surface area (Å²) in [6.07, 6.45) is 0.772. The molecule has 1 aromatic rings. The summed E-state index contributed by atoms with van der Waals surface area (Å²) < 4.78 is 10.0. The fraction of sp³-hybridized carbons (Fsp3) is 0.526. The molecule has 7 nitrogen and oxygen atoms in total. The minimum Gasteiger partial charge on any atom is -0.456 e. The van der Waals surface area contributed by atoms with Gasteiger partial charge in [0.15, 0.2) is 6.61 Å². The Morgan fingerprint density at radius 1 is 1.12 bits per heavy atom. The zero-order valence-electron chi connectivity index (χ0n) is 15.9. The fourth-order valence-corrected chi connectivity index (χ4v) is 2.09. The van der Waals surface area contributed by atoms with Crippen molar-refractivity contribution in [1.82, 2.24) is 5.32 Å². The van der Waals surface area contributed by atoms with Crippen LogP contribution in [-0.2, 0) is 25.5 Å². The van der Waals surface area contributed by atoms with E-state index in [-0.39, 0.29) is 18.9 Å². The molecular weight excluding hydrogens is 336 g/mol. The van der Waals surface area contributed by atoms with Gasteiger partial charge in [-0.15, -0.1) is 0 Å². The van der Waals surface area contributed by atoms with Crippen molar-refractivity contribution in [2.75, 3.05) is 18.5 Å². The summed E-state index contributed by atoms with van der Waals surface area (Å²) in [4.78, 5) is 35.0. The van der Waals surface area contributed by atoms with Crippen molar-refractivity contribution in [3.8, 4) is 0 Å². The standard InChI is InChI=1S/C19H28N2O5/c1-5-14-9-6-7-10-15(14)21-16(22)13-25-17(23)11-8-12-20-18(24)26-19(2,3)4/h6-7,9-10H,5,8,11-13H2,1-4H3,(H,20,24)(H,21,22). The Labute approximate surface area is 154 Å². The van der Waals surface area contributed by atoms with E-state index in [0.717, 1.165) is 17.7 Å². The largest absolute Gasteiger partial charge is 0.456 e. The van der Waals surface area contributed by atoms with E-state index in [4.69, 9.17) is 9.47 Å². The zero-order chi connectivity index (χ0) is 19.6. The van der Waals surface area contributed by atoms with Gasteiger partial charge >= 0.3 is 12.1 Å². The molecule has 2 N–H and O–H groups in total. The van der Waals surface area contributed by atoms with Crippen LogP contribution in [0.1, 0.15) is 46.1 Å². The number of hydrogen-bond donors (Lipinski definition) is 2. The first-order chi connectivity index (χ1) is 12.2. The molecular formula is C19H28N2O5. The van der Waals surface area contributed by atoms with Crippen LogP contribution in [0, 0.1) is 0 Å². The van der Waals surface area contributed by atoms with Gasteiger partial charge in [0.05, 0.1) is 0 Å². The van der Waals surface area contributed by atoms with Gasteiger partial charge in [-0.1, -0.05) is 25.1 Å². The second-order valence-corrected chi connectivity index (χ2v) is 6.75. The van der Waals surface area contributed by atoms with Gasteiger partial charge in [0, 0.05) is 18.7 Å². The number of esters is 1. The molecule has 0 fully saturated rings. The van der Waals surface area contributed by atoms with E-state index in [1.165, 1.54) is 0 Å². The second kappa shape index (κ2) is 10.4. The van der Waals surface area contributed by atoms with Gasteiger partial charge in [-0.05, 0) is 45.2 Å². The van der Waals surface area contributed by atoms with Crippen LogP contribution in [0.2, 0.25) is 0 Å². The van der Waals surface area contributed by atoms with Crippen LogP contribution in [0.3, 0.4) is 0 Å².